The Hall–Kier alpha value is -6.78. The third kappa shape index (κ3) is 6.27. The van der Waals surface area contributed by atoms with E-state index in [9.17, 15) is 0 Å². The van der Waals surface area contributed by atoms with Crippen molar-refractivity contribution in [2.75, 3.05) is 4.90 Å². The molecule has 0 amide bonds. The molecule has 4 heterocycles. The third-order valence-electron chi connectivity index (χ3n) is 20.1. The summed E-state index contributed by atoms with van der Waals surface area (Å²) in [6.45, 7) is 6.88. The Morgan fingerprint density at radius 2 is 1.16 bits per heavy atom. The summed E-state index contributed by atoms with van der Waals surface area (Å²) in [5, 5.41) is 6.46. The lowest BCUT2D eigenvalue weighted by molar-refractivity contribution is 0.149. The Morgan fingerprint density at radius 1 is 0.500 bits per heavy atom. The second-order valence-electron chi connectivity index (χ2n) is 25.2. The fraction of sp³-hybridized carbons (Fsp3) is 0.314. The molecular weight excluding hydrogens is 896 g/mol. The smallest absolute Gasteiger partial charge is 0.337 e. The number of benzene rings is 8. The first-order valence-electron chi connectivity index (χ1n) is 28.5. The lowest BCUT2D eigenvalue weighted by Crippen LogP contribution is -2.56. The first-order chi connectivity index (χ1) is 36.2. The van der Waals surface area contributed by atoms with Crippen molar-refractivity contribution in [2.24, 2.45) is 11.8 Å². The van der Waals surface area contributed by atoms with Gasteiger partial charge in [0.1, 0.15) is 5.58 Å². The molecule has 0 radical (unpaired) electrons. The highest BCUT2D eigenvalue weighted by atomic mass is 16.4. The molecule has 4 fully saturated rings. The summed E-state index contributed by atoms with van der Waals surface area (Å²) in [7, 11) is 0. The Morgan fingerprint density at radius 3 is 1.88 bits per heavy atom. The minimum Gasteiger partial charge on any atom is -0.440 e. The van der Waals surface area contributed by atoms with Crippen molar-refractivity contribution in [1.29, 1.82) is 0 Å². The second kappa shape index (κ2) is 15.9. The average Bonchev–Trinajstić information content (AvgIpc) is 4.13. The zero-order chi connectivity index (χ0) is 49.1. The van der Waals surface area contributed by atoms with Gasteiger partial charge in [0.2, 0.25) is 5.88 Å². The van der Waals surface area contributed by atoms with Crippen molar-refractivity contribution in [3.05, 3.63) is 174 Å². The molecule has 0 unspecified atom stereocenters. The molecule has 4 saturated carbocycles. The van der Waals surface area contributed by atoms with Gasteiger partial charge in [0.05, 0.1) is 5.69 Å². The van der Waals surface area contributed by atoms with Crippen LogP contribution in [0.25, 0.3) is 76.9 Å². The van der Waals surface area contributed by atoms with Gasteiger partial charge in [-0.25, -0.2) is 0 Å². The van der Waals surface area contributed by atoms with Gasteiger partial charge in [-0.05, 0) is 165 Å². The minimum absolute atomic E-state index is 0.0431. The Kier molecular flexibility index (Phi) is 9.35. The maximum absolute atomic E-state index is 7.73. The van der Waals surface area contributed by atoms with Crippen molar-refractivity contribution in [2.45, 2.75) is 127 Å². The minimum atomic E-state index is -0.129. The highest BCUT2D eigenvalue weighted by Gasteiger charge is 2.49. The molecule has 0 atom stereocenters. The largest absolute Gasteiger partial charge is 0.440 e. The third-order valence-corrected chi connectivity index (χ3v) is 20.1. The molecule has 4 bridgehead atoms. The van der Waals surface area contributed by atoms with Crippen LogP contribution in [0.3, 0.4) is 0 Å². The van der Waals surface area contributed by atoms with Gasteiger partial charge in [-0.2, -0.15) is 0 Å². The number of fused-ring (bicyclic) bond motifs is 15. The van der Waals surface area contributed by atoms with Gasteiger partial charge in [0, 0.05) is 54.9 Å². The first-order valence-corrected chi connectivity index (χ1v) is 28.5. The van der Waals surface area contributed by atoms with Crippen LogP contribution >= 0.6 is 0 Å². The van der Waals surface area contributed by atoms with E-state index in [2.05, 4.69) is 188 Å². The molecule has 0 spiro atoms. The van der Waals surface area contributed by atoms with Crippen molar-refractivity contribution < 1.29 is 4.42 Å². The molecule has 3 nitrogen and oxygen atoms in total. The molecule has 4 heteroatoms. The van der Waals surface area contributed by atoms with Crippen LogP contribution in [0.15, 0.2) is 162 Å². The number of hydrogen-bond acceptors (Lipinski definition) is 2. The zero-order valence-corrected chi connectivity index (χ0v) is 43.4. The highest BCUT2D eigenvalue weighted by Crippen LogP contribution is 2.57. The highest BCUT2D eigenvalue weighted by molar-refractivity contribution is 6.91. The van der Waals surface area contributed by atoms with Gasteiger partial charge in [0.15, 0.2) is 0 Å². The normalized spacial score (nSPS) is 22.9. The number of furan rings is 1. The van der Waals surface area contributed by atoms with Gasteiger partial charge in [-0.3, -0.25) is 4.90 Å². The van der Waals surface area contributed by atoms with E-state index in [0.717, 1.165) is 34.4 Å². The molecule has 6 aliphatic rings. The quantitative estimate of drug-likeness (QED) is 0.160. The van der Waals surface area contributed by atoms with E-state index in [1.54, 1.807) is 11.1 Å². The molecule has 8 aromatic carbocycles. The van der Waals surface area contributed by atoms with Crippen LogP contribution in [-0.2, 0) is 16.2 Å². The molecule has 2 aromatic heterocycles. The molecule has 0 N–H and O–H groups in total. The first kappa shape index (κ1) is 43.6. The summed E-state index contributed by atoms with van der Waals surface area (Å²) in [4.78, 5) is 2.56. The molecule has 74 heavy (non-hydrogen) atoms. The van der Waals surface area contributed by atoms with E-state index in [0.29, 0.717) is 0 Å². The van der Waals surface area contributed by atoms with E-state index in [4.69, 9.17) is 4.42 Å². The molecule has 10 aromatic rings. The van der Waals surface area contributed by atoms with Crippen LogP contribution in [0.4, 0.5) is 17.3 Å². The number of hydrogen-bond donors (Lipinski definition) is 0. The van der Waals surface area contributed by atoms with Gasteiger partial charge in [-0.15, -0.1) is 0 Å². The van der Waals surface area contributed by atoms with Crippen molar-refractivity contribution in [3.8, 4) is 33.4 Å². The lowest BCUT2D eigenvalue weighted by atomic mass is 9.45. The van der Waals surface area contributed by atoms with Gasteiger partial charge >= 0.3 is 6.85 Å². The molecular formula is C70H65BN2O. The molecule has 16 rings (SSSR count). The standard InChI is InChI=1S/C70H65BN2O/c1-68(2,3)50-27-30-60(55(38-50)47-22-8-5-9-23-47)72-62-37-49(46-20-6-4-7-21-46)36-57-59-41-52(70-34-14-18-45(43-70)19-15-35-70)40-58-56-39-51(69-32-12-16-44(42-69)17-13-33-69)28-31-61(56)73(65(58)59)71(63(57)62)64-54-29-26-48-24-10-11-25-53(48)66(54)74-67(64)72/h4-11,20-31,36-41,44-45H,12-19,32-35,42-43H2,1-3H3. The average molecular weight is 961 g/mol. The Bertz CT molecular complexity index is 3920. The molecule has 364 valence electrons. The van der Waals surface area contributed by atoms with Crippen LogP contribution in [0.2, 0.25) is 0 Å². The Labute approximate surface area is 436 Å². The molecule has 0 saturated heterocycles. The summed E-state index contributed by atoms with van der Waals surface area (Å²) < 4.78 is 10.6. The van der Waals surface area contributed by atoms with Crippen molar-refractivity contribution in [3.63, 3.8) is 0 Å². The summed E-state index contributed by atoms with van der Waals surface area (Å²) >= 11 is 0. The van der Waals surface area contributed by atoms with Crippen molar-refractivity contribution in [1.82, 2.24) is 4.48 Å². The Balaban J connectivity index is 1.06. The van der Waals surface area contributed by atoms with Gasteiger partial charge in [-0.1, -0.05) is 181 Å². The topological polar surface area (TPSA) is 21.3 Å². The fourth-order valence-corrected chi connectivity index (χ4v) is 16.7. The SMILES string of the molecule is CC(C)(C)c1ccc(N2c3cc(-c4ccccc4)cc4c3B(c3c2oc2c3ccc3ccccc32)n2c3ccc(C56CCCC(CCC5)C6)cc3c3cc(C56CCCC(CCC5)C6)cc-4c32)c(-c2ccccc2)c1. The predicted octanol–water partition coefficient (Wildman–Crippen LogP) is 18.0. The maximum atomic E-state index is 7.73. The van der Waals surface area contributed by atoms with E-state index in [1.165, 1.54) is 178 Å². The van der Waals surface area contributed by atoms with Crippen molar-refractivity contribution >= 4 is 78.6 Å². The maximum Gasteiger partial charge on any atom is 0.337 e. The number of aromatic nitrogens is 1. The summed E-state index contributed by atoms with van der Waals surface area (Å²) in [6.07, 6.45) is 18.9. The van der Waals surface area contributed by atoms with E-state index in [1.807, 2.05) is 0 Å². The summed E-state index contributed by atoms with van der Waals surface area (Å²) in [5.41, 5.74) is 21.3. The van der Waals surface area contributed by atoms with Crippen LogP contribution in [-0.4, -0.2) is 11.3 Å². The van der Waals surface area contributed by atoms with Crippen LogP contribution in [0.5, 0.6) is 0 Å². The fourth-order valence-electron chi connectivity index (χ4n) is 16.7. The van der Waals surface area contributed by atoms with Crippen LogP contribution < -0.4 is 15.8 Å². The molecule has 4 aliphatic carbocycles. The zero-order valence-electron chi connectivity index (χ0n) is 43.4. The van der Waals surface area contributed by atoms with E-state index in [-0.39, 0.29) is 23.1 Å². The lowest BCUT2D eigenvalue weighted by Gasteiger charge is -2.46. The monoisotopic (exact) mass is 961 g/mol. The summed E-state index contributed by atoms with van der Waals surface area (Å²) in [5.74, 6) is 2.62. The van der Waals surface area contributed by atoms with Gasteiger partial charge < -0.3 is 8.90 Å². The van der Waals surface area contributed by atoms with Crippen LogP contribution in [0.1, 0.15) is 127 Å². The predicted molar refractivity (Wildman–Crippen MR) is 312 cm³/mol. The summed E-state index contributed by atoms with van der Waals surface area (Å²) in [6, 6.07) is 61.6. The van der Waals surface area contributed by atoms with E-state index >= 15 is 0 Å². The van der Waals surface area contributed by atoms with E-state index < -0.39 is 0 Å². The number of rotatable bonds is 5. The van der Waals surface area contributed by atoms with Gasteiger partial charge in [0.25, 0.3) is 0 Å². The molecule has 2 aliphatic heterocycles. The number of nitrogens with zero attached hydrogens (tertiary/aromatic N) is 2. The second-order valence-corrected chi connectivity index (χ2v) is 25.2. The van der Waals surface area contributed by atoms with Crippen LogP contribution in [0, 0.1) is 11.8 Å². The number of anilines is 3.